The van der Waals surface area contributed by atoms with Crippen molar-refractivity contribution in [1.82, 2.24) is 14.7 Å². The topological polar surface area (TPSA) is 102 Å². The molecular formula is C20H23N3O5S. The molecule has 2 N–H and O–H groups in total. The Morgan fingerprint density at radius 2 is 1.97 bits per heavy atom. The van der Waals surface area contributed by atoms with Crippen LogP contribution in [-0.2, 0) is 16.0 Å². The molecule has 1 atom stereocenters. The molecule has 3 aromatic rings. The molecule has 0 aliphatic carbocycles. The maximum atomic E-state index is 12.1. The molecule has 0 bridgehead atoms. The van der Waals surface area contributed by atoms with E-state index in [2.05, 4.69) is 10.3 Å². The number of methoxy groups -OCH3 is 1. The van der Waals surface area contributed by atoms with E-state index in [4.69, 9.17) is 9.47 Å². The van der Waals surface area contributed by atoms with Crippen molar-refractivity contribution < 1.29 is 24.2 Å². The number of fused-ring (bicyclic) bond motifs is 1. The number of imidazole rings is 1. The van der Waals surface area contributed by atoms with Gasteiger partial charge in [0, 0.05) is 23.6 Å². The monoisotopic (exact) mass is 417 g/mol. The Kier molecular flexibility index (Phi) is 5.78. The van der Waals surface area contributed by atoms with Crippen molar-refractivity contribution in [3.05, 3.63) is 41.5 Å². The standard InChI is InChI=1S/C20H23N3O5S/c1-20(2,3)28-19(26)21-14(17(24)25)11-15-16(22-18-23(15)9-10-29-18)12-5-7-13(27-4)8-6-12/h5-10,14H,11H2,1-4H3,(H,21,26)(H,24,25). The molecule has 0 fully saturated rings. The summed E-state index contributed by atoms with van der Waals surface area (Å²) in [5.74, 6) is -0.437. The fraction of sp³-hybridized carbons (Fsp3) is 0.350. The predicted molar refractivity (Wildman–Crippen MR) is 110 cm³/mol. The molecule has 0 radical (unpaired) electrons. The number of hydrogen-bond acceptors (Lipinski definition) is 6. The smallest absolute Gasteiger partial charge is 0.408 e. The number of carboxylic acid groups (broad SMARTS) is 1. The third kappa shape index (κ3) is 4.86. The van der Waals surface area contributed by atoms with Gasteiger partial charge in [-0.25, -0.2) is 14.6 Å². The summed E-state index contributed by atoms with van der Waals surface area (Å²) in [6.45, 7) is 5.15. The van der Waals surface area contributed by atoms with E-state index in [0.717, 1.165) is 10.5 Å². The molecule has 0 saturated heterocycles. The number of amides is 1. The van der Waals surface area contributed by atoms with Crippen LogP contribution in [0.3, 0.4) is 0 Å². The van der Waals surface area contributed by atoms with E-state index in [1.807, 2.05) is 40.2 Å². The van der Waals surface area contributed by atoms with Crippen LogP contribution in [0.1, 0.15) is 26.5 Å². The molecule has 1 amide bonds. The van der Waals surface area contributed by atoms with E-state index in [1.54, 1.807) is 27.9 Å². The van der Waals surface area contributed by atoms with Gasteiger partial charge in [-0.1, -0.05) is 0 Å². The third-order valence-electron chi connectivity index (χ3n) is 4.11. The summed E-state index contributed by atoms with van der Waals surface area (Å²) in [6, 6.07) is 6.21. The van der Waals surface area contributed by atoms with Crippen LogP contribution in [0.2, 0.25) is 0 Å². The largest absolute Gasteiger partial charge is 0.497 e. The maximum Gasteiger partial charge on any atom is 0.408 e. The van der Waals surface area contributed by atoms with Gasteiger partial charge in [-0.2, -0.15) is 0 Å². The summed E-state index contributed by atoms with van der Waals surface area (Å²) in [4.78, 5) is 29.3. The first kappa shape index (κ1) is 20.7. The molecule has 1 unspecified atom stereocenters. The summed E-state index contributed by atoms with van der Waals surface area (Å²) < 4.78 is 12.2. The lowest BCUT2D eigenvalue weighted by Crippen LogP contribution is -2.44. The lowest BCUT2D eigenvalue weighted by atomic mass is 10.0. The minimum atomic E-state index is -1.17. The van der Waals surface area contributed by atoms with Gasteiger partial charge in [-0.15, -0.1) is 11.3 Å². The molecule has 8 nitrogen and oxygen atoms in total. The zero-order chi connectivity index (χ0) is 21.2. The van der Waals surface area contributed by atoms with Crippen LogP contribution in [0.5, 0.6) is 5.75 Å². The number of carbonyl (C=O) groups is 2. The Labute approximate surface area is 172 Å². The molecule has 3 rings (SSSR count). The van der Waals surface area contributed by atoms with Crippen molar-refractivity contribution in [2.24, 2.45) is 0 Å². The average molecular weight is 417 g/mol. The Hall–Kier alpha value is -3.07. The minimum Gasteiger partial charge on any atom is -0.497 e. The van der Waals surface area contributed by atoms with Crippen molar-refractivity contribution in [2.75, 3.05) is 7.11 Å². The number of benzene rings is 1. The van der Waals surface area contributed by atoms with Gasteiger partial charge in [0.25, 0.3) is 0 Å². The van der Waals surface area contributed by atoms with Gasteiger partial charge >= 0.3 is 12.1 Å². The van der Waals surface area contributed by atoms with Crippen molar-refractivity contribution in [3.63, 3.8) is 0 Å². The zero-order valence-electron chi connectivity index (χ0n) is 16.6. The highest BCUT2D eigenvalue weighted by molar-refractivity contribution is 7.15. The van der Waals surface area contributed by atoms with Crippen LogP contribution < -0.4 is 10.1 Å². The summed E-state index contributed by atoms with van der Waals surface area (Å²) in [5.41, 5.74) is 1.46. The number of ether oxygens (including phenoxy) is 2. The van der Waals surface area contributed by atoms with Gasteiger partial charge in [-0.05, 0) is 45.0 Å². The number of carboxylic acids is 1. The van der Waals surface area contributed by atoms with Gasteiger partial charge in [0.15, 0.2) is 4.96 Å². The molecule has 9 heteroatoms. The summed E-state index contributed by atoms with van der Waals surface area (Å²) in [7, 11) is 1.59. The summed E-state index contributed by atoms with van der Waals surface area (Å²) in [6.07, 6.45) is 1.11. The first-order valence-electron chi connectivity index (χ1n) is 8.99. The fourth-order valence-electron chi connectivity index (χ4n) is 2.85. The van der Waals surface area contributed by atoms with Crippen LogP contribution >= 0.6 is 11.3 Å². The molecular weight excluding hydrogens is 394 g/mol. The number of carbonyl (C=O) groups excluding carboxylic acids is 1. The normalized spacial score (nSPS) is 12.6. The molecule has 154 valence electrons. The van der Waals surface area contributed by atoms with Gasteiger partial charge < -0.3 is 19.9 Å². The Bertz CT molecular complexity index is 1020. The molecule has 0 aliphatic rings. The van der Waals surface area contributed by atoms with Crippen molar-refractivity contribution in [3.8, 4) is 17.0 Å². The number of hydrogen-bond donors (Lipinski definition) is 2. The number of aliphatic carboxylic acids is 1. The van der Waals surface area contributed by atoms with Gasteiger partial charge in [0.2, 0.25) is 0 Å². The van der Waals surface area contributed by atoms with E-state index in [0.29, 0.717) is 17.1 Å². The van der Waals surface area contributed by atoms with Gasteiger partial charge in [-0.3, -0.25) is 4.40 Å². The van der Waals surface area contributed by atoms with Gasteiger partial charge in [0.05, 0.1) is 18.5 Å². The van der Waals surface area contributed by atoms with Crippen LogP contribution in [-0.4, -0.2) is 45.3 Å². The van der Waals surface area contributed by atoms with Crippen molar-refractivity contribution in [2.45, 2.75) is 38.8 Å². The van der Waals surface area contributed by atoms with Crippen molar-refractivity contribution >= 4 is 28.4 Å². The molecule has 0 saturated carbocycles. The number of alkyl carbamates (subject to hydrolysis) is 1. The fourth-order valence-corrected chi connectivity index (χ4v) is 3.58. The van der Waals surface area contributed by atoms with E-state index >= 15 is 0 Å². The summed E-state index contributed by atoms with van der Waals surface area (Å²) in [5, 5.41) is 14.0. The van der Waals surface area contributed by atoms with Crippen LogP contribution in [0.4, 0.5) is 4.79 Å². The second-order valence-electron chi connectivity index (χ2n) is 7.43. The Morgan fingerprint density at radius 3 is 2.55 bits per heavy atom. The lowest BCUT2D eigenvalue weighted by molar-refractivity contribution is -0.139. The highest BCUT2D eigenvalue weighted by Gasteiger charge is 2.27. The van der Waals surface area contributed by atoms with E-state index in [9.17, 15) is 14.7 Å². The lowest BCUT2D eigenvalue weighted by Gasteiger charge is -2.22. The van der Waals surface area contributed by atoms with Crippen LogP contribution in [0.15, 0.2) is 35.8 Å². The third-order valence-corrected chi connectivity index (χ3v) is 4.87. The second kappa shape index (κ2) is 8.12. The second-order valence-corrected chi connectivity index (χ2v) is 8.31. The molecule has 0 spiro atoms. The minimum absolute atomic E-state index is 0.0494. The highest BCUT2D eigenvalue weighted by Crippen LogP contribution is 2.29. The average Bonchev–Trinajstić information content (AvgIpc) is 3.22. The first-order chi connectivity index (χ1) is 13.7. The van der Waals surface area contributed by atoms with E-state index in [1.165, 1.54) is 11.3 Å². The maximum absolute atomic E-state index is 12.1. The number of nitrogens with one attached hydrogen (secondary N) is 1. The molecule has 2 heterocycles. The molecule has 29 heavy (non-hydrogen) atoms. The quantitative estimate of drug-likeness (QED) is 0.635. The number of rotatable bonds is 6. The van der Waals surface area contributed by atoms with Crippen LogP contribution in [0, 0.1) is 0 Å². The van der Waals surface area contributed by atoms with Gasteiger partial charge in [0.1, 0.15) is 17.4 Å². The molecule has 2 aromatic heterocycles. The van der Waals surface area contributed by atoms with Crippen molar-refractivity contribution in [1.29, 1.82) is 0 Å². The van der Waals surface area contributed by atoms with E-state index < -0.39 is 23.7 Å². The van der Waals surface area contributed by atoms with Crippen LogP contribution in [0.25, 0.3) is 16.2 Å². The zero-order valence-corrected chi connectivity index (χ0v) is 17.4. The Morgan fingerprint density at radius 1 is 1.28 bits per heavy atom. The Balaban J connectivity index is 1.93. The summed E-state index contributed by atoms with van der Waals surface area (Å²) >= 11 is 1.45. The van der Waals surface area contributed by atoms with E-state index in [-0.39, 0.29) is 6.42 Å². The number of thiazole rings is 1. The number of nitrogens with zero attached hydrogens (tertiary/aromatic N) is 2. The molecule has 1 aromatic carbocycles. The highest BCUT2D eigenvalue weighted by atomic mass is 32.1. The number of aromatic nitrogens is 2. The predicted octanol–water partition coefficient (Wildman–Crippen LogP) is 3.59. The SMILES string of the molecule is COc1ccc(-c2nc3sccn3c2CC(NC(=O)OC(C)(C)C)C(=O)O)cc1. The molecule has 0 aliphatic heterocycles. The first-order valence-corrected chi connectivity index (χ1v) is 9.87.